The second-order valence-corrected chi connectivity index (χ2v) is 10.4. The Kier molecular flexibility index (Phi) is 11.9. The number of ether oxygens (including phenoxy) is 2. The molecule has 44 heavy (non-hydrogen) atoms. The normalized spacial score (nSPS) is 11.1. The number of nitrogens with zero attached hydrogens (tertiary/aromatic N) is 4. The lowest BCUT2D eigenvalue weighted by molar-refractivity contribution is -0.111. The molecule has 0 spiro atoms. The van der Waals surface area contributed by atoms with E-state index in [1.54, 1.807) is 30.5 Å². The maximum atomic E-state index is 12.9. The predicted octanol–water partition coefficient (Wildman–Crippen LogP) is 6.04. The third kappa shape index (κ3) is 8.91. The number of nitrogens with two attached hydrogens (primary N) is 1. The summed E-state index contributed by atoms with van der Waals surface area (Å²) in [7, 11) is 2.00. The molecule has 0 unspecified atom stereocenters. The van der Waals surface area contributed by atoms with Gasteiger partial charge in [-0.25, -0.2) is 0 Å². The van der Waals surface area contributed by atoms with Gasteiger partial charge in [-0.15, -0.1) is 0 Å². The van der Waals surface area contributed by atoms with Gasteiger partial charge >= 0.3 is 0 Å². The number of unbranched alkanes of at least 4 members (excludes halogenated alkanes) is 1. The van der Waals surface area contributed by atoms with Crippen LogP contribution in [0.25, 0.3) is 10.9 Å². The topological polar surface area (TPSA) is 138 Å². The van der Waals surface area contributed by atoms with Crippen LogP contribution in [-0.4, -0.2) is 54.1 Å². The van der Waals surface area contributed by atoms with E-state index in [0.717, 1.165) is 25.1 Å². The predicted molar refractivity (Wildman–Crippen MR) is 174 cm³/mol. The van der Waals surface area contributed by atoms with Gasteiger partial charge in [-0.2, -0.15) is 5.26 Å². The van der Waals surface area contributed by atoms with Crippen LogP contribution in [0.2, 0.25) is 5.02 Å². The van der Waals surface area contributed by atoms with Crippen LogP contribution in [0.1, 0.15) is 31.0 Å². The summed E-state index contributed by atoms with van der Waals surface area (Å²) in [5, 5.41) is 17.1. The molecule has 0 saturated heterocycles. The average Bonchev–Trinajstić information content (AvgIpc) is 3.02. The fraction of sp³-hybridized carbons (Fsp3) is 0.273. The Morgan fingerprint density at radius 1 is 1.14 bits per heavy atom. The molecular weight excluding hydrogens is 578 g/mol. The van der Waals surface area contributed by atoms with Crippen LogP contribution < -0.4 is 25.8 Å². The fourth-order valence-electron chi connectivity index (χ4n) is 4.42. The Labute approximate surface area is 262 Å². The quantitative estimate of drug-likeness (QED) is 0.108. The minimum atomic E-state index is -0.298. The van der Waals surface area contributed by atoms with Crippen LogP contribution in [0.15, 0.2) is 73.1 Å². The Morgan fingerprint density at radius 3 is 2.73 bits per heavy atom. The van der Waals surface area contributed by atoms with Gasteiger partial charge < -0.3 is 30.7 Å². The van der Waals surface area contributed by atoms with Crippen molar-refractivity contribution in [1.82, 2.24) is 14.9 Å². The van der Waals surface area contributed by atoms with Crippen molar-refractivity contribution >= 4 is 45.5 Å². The Hall–Kier alpha value is -4.69. The lowest BCUT2D eigenvalue weighted by Gasteiger charge is -2.16. The molecule has 0 radical (unpaired) electrons. The molecule has 0 aliphatic carbocycles. The number of fused-ring (bicyclic) bond motifs is 1. The number of rotatable bonds is 15. The Bertz CT molecular complexity index is 1640. The van der Waals surface area contributed by atoms with Crippen LogP contribution in [-0.2, 0) is 11.4 Å². The number of likely N-dealkylation sites (N-methyl/N-ethyl adjacent to an activating group) is 1. The first-order valence-corrected chi connectivity index (χ1v) is 14.7. The summed E-state index contributed by atoms with van der Waals surface area (Å²) in [5.74, 6) is 0.679. The summed E-state index contributed by atoms with van der Waals surface area (Å²) < 4.78 is 11.7. The minimum absolute atomic E-state index is 0.276. The lowest BCUT2D eigenvalue weighted by Crippen LogP contribution is -2.20. The standard InChI is InChI=1S/C33H36ClN7O3/c1-3-43-31-19-28-26(18-29(31)40-32(42)10-8-16-41(2)15-7-5-13-35)33(23(20-36)21-38-28)39-24-11-12-30(27(34)17-24)44-22-25-9-4-6-14-37-25/h4,6,8-12,14,17-19,21H,3,5,7,13,15-16,22,35H2,1-2H3,(H,38,39)(H,40,42)/b10-8+. The molecule has 228 valence electrons. The van der Waals surface area contributed by atoms with Gasteiger partial charge in [0.1, 0.15) is 24.2 Å². The highest BCUT2D eigenvalue weighted by Gasteiger charge is 2.16. The first kappa shape index (κ1) is 32.2. The molecule has 0 aliphatic rings. The van der Waals surface area contributed by atoms with E-state index in [-0.39, 0.29) is 12.5 Å². The van der Waals surface area contributed by atoms with Gasteiger partial charge in [0.25, 0.3) is 0 Å². The number of anilines is 3. The Balaban J connectivity index is 1.56. The molecule has 2 aromatic heterocycles. The number of benzene rings is 2. The highest BCUT2D eigenvalue weighted by Crippen LogP contribution is 2.37. The summed E-state index contributed by atoms with van der Waals surface area (Å²) in [6.45, 7) is 4.74. The van der Waals surface area contributed by atoms with Crippen molar-refractivity contribution in [3.8, 4) is 17.6 Å². The first-order valence-electron chi connectivity index (χ1n) is 14.4. The zero-order chi connectivity index (χ0) is 31.3. The number of nitriles is 1. The largest absolute Gasteiger partial charge is 0.492 e. The summed E-state index contributed by atoms with van der Waals surface area (Å²) in [6.07, 6.45) is 8.49. The third-order valence-electron chi connectivity index (χ3n) is 6.63. The van der Waals surface area contributed by atoms with Crippen molar-refractivity contribution < 1.29 is 14.3 Å². The number of halogens is 1. The number of amides is 1. The van der Waals surface area contributed by atoms with Gasteiger partial charge in [0.05, 0.1) is 39.8 Å². The van der Waals surface area contributed by atoms with Gasteiger partial charge in [-0.05, 0) is 76.3 Å². The molecule has 1 amide bonds. The summed E-state index contributed by atoms with van der Waals surface area (Å²) >= 11 is 6.54. The lowest BCUT2D eigenvalue weighted by atomic mass is 10.1. The van der Waals surface area contributed by atoms with E-state index in [1.165, 1.54) is 12.3 Å². The highest BCUT2D eigenvalue weighted by atomic mass is 35.5. The molecule has 0 bridgehead atoms. The SMILES string of the molecule is CCOc1cc2ncc(C#N)c(Nc3ccc(OCc4ccccn4)c(Cl)c3)c2cc1NC(=O)/C=C/CN(C)CCCCN. The number of hydrogen-bond donors (Lipinski definition) is 3. The van der Waals surface area contributed by atoms with Crippen molar-refractivity contribution in [3.05, 3.63) is 89.4 Å². The average molecular weight is 614 g/mol. The molecule has 4 aromatic rings. The summed E-state index contributed by atoms with van der Waals surface area (Å²) in [4.78, 5) is 23.7. The van der Waals surface area contributed by atoms with E-state index < -0.39 is 0 Å². The second-order valence-electron chi connectivity index (χ2n) is 9.99. The molecule has 10 nitrogen and oxygen atoms in total. The van der Waals surface area contributed by atoms with E-state index in [9.17, 15) is 10.1 Å². The smallest absolute Gasteiger partial charge is 0.248 e. The number of hydrogen-bond acceptors (Lipinski definition) is 9. The molecule has 11 heteroatoms. The van der Waals surface area contributed by atoms with Crippen molar-refractivity contribution in [2.24, 2.45) is 5.73 Å². The maximum absolute atomic E-state index is 12.9. The number of pyridine rings is 2. The number of carbonyl (C=O) groups excluding carboxylic acids is 1. The second kappa shape index (κ2) is 16.2. The van der Waals surface area contributed by atoms with Gasteiger partial charge in [0, 0.05) is 42.2 Å². The van der Waals surface area contributed by atoms with Crippen molar-refractivity contribution in [3.63, 3.8) is 0 Å². The van der Waals surface area contributed by atoms with Gasteiger partial charge in [0.15, 0.2) is 0 Å². The summed E-state index contributed by atoms with van der Waals surface area (Å²) in [6, 6.07) is 16.6. The van der Waals surface area contributed by atoms with Crippen LogP contribution in [0, 0.1) is 11.3 Å². The minimum Gasteiger partial charge on any atom is -0.492 e. The molecule has 0 aliphatic heterocycles. The van der Waals surface area contributed by atoms with Crippen LogP contribution in [0.5, 0.6) is 11.5 Å². The van der Waals surface area contributed by atoms with E-state index in [0.29, 0.717) is 69.7 Å². The molecular formula is C33H36ClN7O3. The monoisotopic (exact) mass is 613 g/mol. The van der Waals surface area contributed by atoms with Crippen molar-refractivity contribution in [2.45, 2.75) is 26.4 Å². The molecule has 4 rings (SSSR count). The molecule has 2 heterocycles. The third-order valence-corrected chi connectivity index (χ3v) is 6.93. The molecule has 0 fully saturated rings. The zero-order valence-electron chi connectivity index (χ0n) is 24.8. The number of carbonyl (C=O) groups is 1. The zero-order valence-corrected chi connectivity index (χ0v) is 25.6. The Morgan fingerprint density at radius 2 is 2.00 bits per heavy atom. The molecule has 4 N–H and O–H groups in total. The van der Waals surface area contributed by atoms with Gasteiger partial charge in [0.2, 0.25) is 5.91 Å². The van der Waals surface area contributed by atoms with Crippen LogP contribution in [0.4, 0.5) is 17.1 Å². The van der Waals surface area contributed by atoms with E-state index in [2.05, 4.69) is 31.6 Å². The van der Waals surface area contributed by atoms with Crippen molar-refractivity contribution in [1.29, 1.82) is 5.26 Å². The number of aromatic nitrogens is 2. The summed E-state index contributed by atoms with van der Waals surface area (Å²) in [5.41, 5.74) is 8.88. The molecule has 0 atom stereocenters. The molecule has 2 aromatic carbocycles. The van der Waals surface area contributed by atoms with E-state index in [4.69, 9.17) is 26.8 Å². The van der Waals surface area contributed by atoms with E-state index in [1.807, 2.05) is 44.3 Å². The van der Waals surface area contributed by atoms with E-state index >= 15 is 0 Å². The first-order chi connectivity index (χ1) is 21.4. The van der Waals surface area contributed by atoms with Crippen molar-refractivity contribution in [2.75, 3.05) is 43.9 Å². The fourth-order valence-corrected chi connectivity index (χ4v) is 4.65. The molecule has 0 saturated carbocycles. The van der Waals surface area contributed by atoms with Crippen LogP contribution in [0.3, 0.4) is 0 Å². The maximum Gasteiger partial charge on any atom is 0.248 e. The van der Waals surface area contributed by atoms with Gasteiger partial charge in [-0.1, -0.05) is 23.7 Å². The number of nitrogens with one attached hydrogen (secondary N) is 2. The highest BCUT2D eigenvalue weighted by molar-refractivity contribution is 6.32. The van der Waals surface area contributed by atoms with Gasteiger partial charge in [-0.3, -0.25) is 14.8 Å². The van der Waals surface area contributed by atoms with Crippen LogP contribution >= 0.6 is 11.6 Å².